The van der Waals surface area contributed by atoms with Crippen molar-refractivity contribution in [2.75, 3.05) is 7.11 Å². The third-order valence-electron chi connectivity index (χ3n) is 5.92. The number of nitrogens with zero attached hydrogens (tertiary/aromatic N) is 2. The first kappa shape index (κ1) is 30.3. The lowest BCUT2D eigenvalue weighted by Crippen LogP contribution is -2.49. The van der Waals surface area contributed by atoms with E-state index in [0.29, 0.717) is 29.5 Å². The molecule has 0 aliphatic heterocycles. The van der Waals surface area contributed by atoms with Gasteiger partial charge in [0.15, 0.2) is 0 Å². The molecule has 0 aliphatic rings. The minimum Gasteiger partial charge on any atom is -0.459 e. The molecule has 3 aromatic rings. The highest BCUT2D eigenvalue weighted by molar-refractivity contribution is 5.93. The number of nitro benzene ring substituents is 1. The summed E-state index contributed by atoms with van der Waals surface area (Å²) < 4.78 is 11.6. The van der Waals surface area contributed by atoms with Crippen LogP contribution in [0.2, 0.25) is 0 Å². The van der Waals surface area contributed by atoms with Crippen LogP contribution in [0.25, 0.3) is 10.9 Å². The first-order chi connectivity index (χ1) is 17.7. The second kappa shape index (κ2) is 14.1. The largest absolute Gasteiger partial charge is 0.459 e. The van der Waals surface area contributed by atoms with Crippen LogP contribution in [0.5, 0.6) is 0 Å². The van der Waals surface area contributed by atoms with E-state index in [1.807, 2.05) is 19.1 Å². The monoisotopic (exact) mass is 546 g/mol. The molecule has 204 valence electrons. The molecule has 3 rings (SSSR count). The Balaban J connectivity index is 0.00000507. The minimum atomic E-state index is -0.983. The average molecular weight is 547 g/mol. The van der Waals surface area contributed by atoms with E-state index in [1.165, 1.54) is 35.9 Å². The molecular weight excluding hydrogens is 516 g/mol. The van der Waals surface area contributed by atoms with Crippen molar-refractivity contribution in [2.24, 2.45) is 5.73 Å². The van der Waals surface area contributed by atoms with Crippen molar-refractivity contribution in [3.63, 3.8) is 0 Å². The zero-order chi connectivity index (χ0) is 26.9. The number of para-hydroxylation sites is 1. The molecule has 0 saturated carbocycles. The maximum absolute atomic E-state index is 12.9. The number of esters is 1. The predicted molar refractivity (Wildman–Crippen MR) is 143 cm³/mol. The van der Waals surface area contributed by atoms with Gasteiger partial charge in [-0.3, -0.25) is 19.5 Å². The number of nitro groups is 1. The highest BCUT2D eigenvalue weighted by atomic mass is 35.5. The van der Waals surface area contributed by atoms with Crippen LogP contribution in [-0.2, 0) is 32.1 Å². The van der Waals surface area contributed by atoms with Gasteiger partial charge in [0.1, 0.15) is 12.6 Å². The Morgan fingerprint density at radius 1 is 1.13 bits per heavy atom. The zero-order valence-electron chi connectivity index (χ0n) is 21.1. The van der Waals surface area contributed by atoms with Crippen molar-refractivity contribution in [1.29, 1.82) is 0 Å². The van der Waals surface area contributed by atoms with Crippen molar-refractivity contribution in [3.8, 4) is 0 Å². The van der Waals surface area contributed by atoms with Gasteiger partial charge in [0, 0.05) is 23.7 Å². The quantitative estimate of drug-likeness (QED) is 0.208. The Hall–Kier alpha value is -3.96. The van der Waals surface area contributed by atoms with Crippen LogP contribution in [0.3, 0.4) is 0 Å². The number of amides is 1. The average Bonchev–Trinajstić information content (AvgIpc) is 3.27. The van der Waals surface area contributed by atoms with Gasteiger partial charge < -0.3 is 20.5 Å². The molecule has 1 aromatic heterocycles. The number of carbonyl (C=O) groups excluding carboxylic acids is 3. The number of fused-ring (bicyclic) bond motifs is 1. The summed E-state index contributed by atoms with van der Waals surface area (Å²) >= 11 is 0. The third-order valence-corrected chi connectivity index (χ3v) is 5.92. The molecule has 0 fully saturated rings. The molecular formula is C26H31ClN4O7. The molecule has 38 heavy (non-hydrogen) atoms. The lowest BCUT2D eigenvalue weighted by molar-refractivity contribution is -0.384. The Morgan fingerprint density at radius 2 is 1.82 bits per heavy atom. The van der Waals surface area contributed by atoms with E-state index in [-0.39, 0.29) is 31.1 Å². The van der Waals surface area contributed by atoms with Crippen LogP contribution >= 0.6 is 12.4 Å². The molecule has 1 heterocycles. The summed E-state index contributed by atoms with van der Waals surface area (Å²) in [6.45, 7) is 1.87. The van der Waals surface area contributed by atoms with Gasteiger partial charge in [-0.05, 0) is 42.2 Å². The van der Waals surface area contributed by atoms with E-state index >= 15 is 0 Å². The molecule has 12 heteroatoms. The number of aromatic nitrogens is 1. The molecule has 0 aliphatic carbocycles. The standard InChI is InChI=1S/C26H30N4O7.ClH/c1-3-4-8-22(25(32)37-16-17-10-12-19(13-11-17)30(34)35)28-24(31)21(27)14-18-15-29(26(33)36-2)23-9-6-5-7-20(18)23;/h5-7,9-13,15,21-22H,3-4,8,14,16,27H2,1-2H3,(H,28,31);1H/t21-,22-;/m1./s1. The second-order valence-electron chi connectivity index (χ2n) is 8.56. The van der Waals surface area contributed by atoms with Gasteiger partial charge in [-0.1, -0.05) is 38.0 Å². The molecule has 11 nitrogen and oxygen atoms in total. The molecule has 0 spiro atoms. The number of halogens is 1. The molecule has 0 bridgehead atoms. The summed E-state index contributed by atoms with van der Waals surface area (Å²) in [5.74, 6) is -1.14. The molecule has 1 amide bonds. The zero-order valence-corrected chi connectivity index (χ0v) is 21.9. The van der Waals surface area contributed by atoms with Crippen molar-refractivity contribution in [3.05, 3.63) is 76.0 Å². The first-order valence-corrected chi connectivity index (χ1v) is 11.9. The van der Waals surface area contributed by atoms with Crippen LogP contribution in [0, 0.1) is 10.1 Å². The van der Waals surface area contributed by atoms with E-state index in [9.17, 15) is 24.5 Å². The number of methoxy groups -OCH3 is 1. The fourth-order valence-electron chi connectivity index (χ4n) is 3.90. The number of non-ortho nitro benzene ring substituents is 1. The molecule has 0 unspecified atom stereocenters. The number of ether oxygens (including phenoxy) is 2. The predicted octanol–water partition coefficient (Wildman–Crippen LogP) is 3.87. The Morgan fingerprint density at radius 3 is 2.45 bits per heavy atom. The van der Waals surface area contributed by atoms with E-state index in [2.05, 4.69) is 5.32 Å². The maximum Gasteiger partial charge on any atom is 0.418 e. The summed E-state index contributed by atoms with van der Waals surface area (Å²) in [4.78, 5) is 48.1. The Labute approximate surface area is 225 Å². The Bertz CT molecular complexity index is 1280. The van der Waals surface area contributed by atoms with Gasteiger partial charge in [-0.15, -0.1) is 12.4 Å². The van der Waals surface area contributed by atoms with Crippen LogP contribution in [0.1, 0.15) is 37.3 Å². The number of carbonyl (C=O) groups is 3. The van der Waals surface area contributed by atoms with Gasteiger partial charge in [0.25, 0.3) is 5.69 Å². The number of unbranched alkanes of at least 4 members (excludes halogenated alkanes) is 1. The van der Waals surface area contributed by atoms with Crippen LogP contribution in [-0.4, -0.2) is 46.7 Å². The van der Waals surface area contributed by atoms with Crippen LogP contribution in [0.4, 0.5) is 10.5 Å². The van der Waals surface area contributed by atoms with E-state index in [4.69, 9.17) is 15.2 Å². The van der Waals surface area contributed by atoms with Crippen molar-refractivity contribution < 1.29 is 28.8 Å². The third kappa shape index (κ3) is 7.53. The molecule has 0 saturated heterocycles. The van der Waals surface area contributed by atoms with Gasteiger partial charge in [-0.2, -0.15) is 0 Å². The number of benzene rings is 2. The number of hydrogen-bond donors (Lipinski definition) is 2. The highest BCUT2D eigenvalue weighted by Crippen LogP contribution is 2.23. The van der Waals surface area contributed by atoms with Crippen LogP contribution in [0.15, 0.2) is 54.7 Å². The van der Waals surface area contributed by atoms with Gasteiger partial charge in [0.05, 0.1) is 23.6 Å². The summed E-state index contributed by atoms with van der Waals surface area (Å²) in [5.41, 5.74) is 8.03. The lowest BCUT2D eigenvalue weighted by Gasteiger charge is -2.20. The topological polar surface area (TPSA) is 156 Å². The van der Waals surface area contributed by atoms with Crippen molar-refractivity contribution >= 4 is 47.0 Å². The van der Waals surface area contributed by atoms with Crippen LogP contribution < -0.4 is 11.1 Å². The van der Waals surface area contributed by atoms with Gasteiger partial charge in [-0.25, -0.2) is 9.59 Å². The molecule has 0 radical (unpaired) electrons. The normalized spacial score (nSPS) is 12.2. The first-order valence-electron chi connectivity index (χ1n) is 11.9. The van der Waals surface area contributed by atoms with E-state index in [1.54, 1.807) is 18.3 Å². The van der Waals surface area contributed by atoms with Gasteiger partial charge in [0.2, 0.25) is 5.91 Å². The molecule has 3 N–H and O–H groups in total. The summed E-state index contributed by atoms with van der Waals surface area (Å²) in [7, 11) is 1.28. The van der Waals surface area contributed by atoms with Crippen molar-refractivity contribution in [1.82, 2.24) is 9.88 Å². The molecule has 2 atom stereocenters. The maximum atomic E-state index is 12.9. The SMILES string of the molecule is CCCC[C@@H](NC(=O)[C@H](N)Cc1cn(C(=O)OC)c2ccccc12)C(=O)OCc1ccc([N+](=O)[O-])cc1.Cl. The van der Waals surface area contributed by atoms with E-state index in [0.717, 1.165) is 11.8 Å². The van der Waals surface area contributed by atoms with Crippen molar-refractivity contribution in [2.45, 2.75) is 51.3 Å². The fourth-order valence-corrected chi connectivity index (χ4v) is 3.90. The summed E-state index contributed by atoms with van der Waals surface area (Å²) in [6.07, 6.45) is 3.03. The molecule has 2 aromatic carbocycles. The number of nitrogens with two attached hydrogens (primary N) is 1. The number of hydrogen-bond acceptors (Lipinski definition) is 8. The lowest BCUT2D eigenvalue weighted by atomic mass is 10.0. The summed E-state index contributed by atoms with van der Waals surface area (Å²) in [5, 5.41) is 14.3. The summed E-state index contributed by atoms with van der Waals surface area (Å²) in [6, 6.07) is 11.0. The van der Waals surface area contributed by atoms with E-state index < -0.39 is 35.0 Å². The number of rotatable bonds is 11. The smallest absolute Gasteiger partial charge is 0.418 e. The fraction of sp³-hybridized carbons (Fsp3) is 0.346. The minimum absolute atomic E-state index is 0. The van der Waals surface area contributed by atoms with Gasteiger partial charge >= 0.3 is 12.1 Å². The number of nitrogens with one attached hydrogen (secondary N) is 1. The Kier molecular flexibility index (Phi) is 11.2. The second-order valence-corrected chi connectivity index (χ2v) is 8.56. The highest BCUT2D eigenvalue weighted by Gasteiger charge is 2.26.